The van der Waals surface area contributed by atoms with Crippen LogP contribution in [-0.4, -0.2) is 53.3 Å². The van der Waals surface area contributed by atoms with Gasteiger partial charge in [-0.25, -0.2) is 0 Å². The van der Waals surface area contributed by atoms with Crippen LogP contribution in [0.25, 0.3) is 0 Å². The van der Waals surface area contributed by atoms with Gasteiger partial charge in [0.15, 0.2) is 0 Å². The fourth-order valence-electron chi connectivity index (χ4n) is 1.95. The predicted molar refractivity (Wildman–Crippen MR) is 98.4 cm³/mol. The van der Waals surface area contributed by atoms with Crippen LogP contribution in [0.5, 0.6) is 0 Å². The Morgan fingerprint density at radius 2 is 1.29 bits per heavy atom. The van der Waals surface area contributed by atoms with E-state index in [9.17, 15) is 9.59 Å². The summed E-state index contributed by atoms with van der Waals surface area (Å²) in [4.78, 5) is 32.5. The van der Waals surface area contributed by atoms with Gasteiger partial charge in [-0.05, 0) is 12.8 Å². The zero-order valence-electron chi connectivity index (χ0n) is 15.0. The average Bonchev–Trinajstić information content (AvgIpc) is 2.55. The molecule has 0 amide bonds. The van der Waals surface area contributed by atoms with Crippen molar-refractivity contribution in [1.82, 2.24) is 5.23 Å². The Morgan fingerprint density at radius 1 is 0.792 bits per heavy atom. The van der Waals surface area contributed by atoms with Gasteiger partial charge in [-0.15, -0.1) is 0 Å². The summed E-state index contributed by atoms with van der Waals surface area (Å²) in [5.41, 5.74) is 0. The Morgan fingerprint density at radius 3 is 1.79 bits per heavy atom. The number of carbonyl (C=O) groups excluding carboxylic acids is 2. The number of rotatable bonds is 14. The molecule has 0 aliphatic rings. The molecule has 0 unspecified atom stereocenters. The summed E-state index contributed by atoms with van der Waals surface area (Å²) < 4.78 is 0. The molecule has 0 fully saturated rings. The fraction of sp³-hybridized carbons (Fsp3) is 0.778. The van der Waals surface area contributed by atoms with Gasteiger partial charge in [-0.2, -0.15) is 0 Å². The molecule has 0 N–H and O–H groups in total. The fourth-order valence-corrected chi connectivity index (χ4v) is 1.95. The molecule has 0 heterocycles. The van der Waals surface area contributed by atoms with Gasteiger partial charge in [0.2, 0.25) is 0 Å². The van der Waals surface area contributed by atoms with Crippen LogP contribution in [0.15, 0.2) is 12.2 Å². The van der Waals surface area contributed by atoms with Gasteiger partial charge in [0.1, 0.15) is 0 Å². The van der Waals surface area contributed by atoms with Gasteiger partial charge < -0.3 is 9.68 Å². The molecule has 0 aromatic rings. The molecule has 0 aromatic heterocycles. The third-order valence-corrected chi connectivity index (χ3v) is 3.38. The van der Waals surface area contributed by atoms with E-state index in [2.05, 4.69) is 6.92 Å². The van der Waals surface area contributed by atoms with Crippen molar-refractivity contribution in [2.75, 3.05) is 6.54 Å². The monoisotopic (exact) mass is 351 g/mol. The van der Waals surface area contributed by atoms with Gasteiger partial charge in [-0.3, -0.25) is 9.59 Å². The van der Waals surface area contributed by atoms with Gasteiger partial charge in [0.05, 0.1) is 6.54 Å². The molecule has 0 spiro atoms. The van der Waals surface area contributed by atoms with E-state index in [0.29, 0.717) is 0 Å². The first-order chi connectivity index (χ1) is 11.1. The van der Waals surface area contributed by atoms with Crippen LogP contribution >= 0.6 is 0 Å². The van der Waals surface area contributed by atoms with E-state index in [1.807, 2.05) is 12.2 Å². The molecule has 24 heavy (non-hydrogen) atoms. The van der Waals surface area contributed by atoms with Crippen molar-refractivity contribution in [2.45, 2.75) is 85.0 Å². The molecule has 0 rings (SSSR count). The molecule has 0 saturated heterocycles. The molecular weight excluding hydrogens is 317 g/mol. The number of hydroxylamine groups is 2. The normalized spacial score (nSPS) is 10.7. The Balaban J connectivity index is 0. The van der Waals surface area contributed by atoms with E-state index in [1.54, 1.807) is 13.8 Å². The first kappa shape index (κ1) is 25.9. The molecule has 0 bridgehead atoms. The van der Waals surface area contributed by atoms with E-state index >= 15 is 0 Å². The minimum absolute atomic E-state index is 0. The first-order valence-corrected chi connectivity index (χ1v) is 8.98. The first-order valence-electron chi connectivity index (χ1n) is 8.98. The maximum atomic E-state index is 11.3. The number of allylic oxidation sites excluding steroid dienone is 1. The summed E-state index contributed by atoms with van der Waals surface area (Å²) in [6.45, 7) is 5.87. The van der Waals surface area contributed by atoms with E-state index in [0.717, 1.165) is 18.1 Å². The van der Waals surface area contributed by atoms with E-state index in [-0.39, 0.29) is 48.9 Å². The van der Waals surface area contributed by atoms with Crippen LogP contribution in [0.2, 0.25) is 0 Å². The predicted octanol–water partition coefficient (Wildman–Crippen LogP) is 4.07. The van der Waals surface area contributed by atoms with Crippen molar-refractivity contribution in [3.8, 4) is 0 Å². The molecule has 5 nitrogen and oxygen atoms in total. The quantitative estimate of drug-likeness (QED) is 0.204. The van der Waals surface area contributed by atoms with Crippen molar-refractivity contribution in [1.29, 1.82) is 0 Å². The summed E-state index contributed by atoms with van der Waals surface area (Å²) in [7, 11) is 0. The van der Waals surface area contributed by atoms with Crippen LogP contribution in [0.3, 0.4) is 0 Å². The summed E-state index contributed by atoms with van der Waals surface area (Å²) in [6, 6.07) is 0. The summed E-state index contributed by atoms with van der Waals surface area (Å²) in [6.07, 6.45) is 14.4. The molecule has 0 aliphatic heterocycles. The van der Waals surface area contributed by atoms with Gasteiger partial charge in [-0.1, -0.05) is 71.4 Å². The van der Waals surface area contributed by atoms with Crippen LogP contribution in [0, 0.1) is 0 Å². The van der Waals surface area contributed by atoms with Crippen LogP contribution < -0.4 is 0 Å². The molecule has 0 radical (unpaired) electrons. The maximum absolute atomic E-state index is 11.3. The van der Waals surface area contributed by atoms with Crippen LogP contribution in [-0.2, 0) is 19.3 Å². The zero-order valence-corrected chi connectivity index (χ0v) is 15.0. The number of unbranched alkanes of at least 4 members (excludes halogenated alkanes) is 7. The number of hydrogen-bond donors (Lipinski definition) is 0. The van der Waals surface area contributed by atoms with Crippen molar-refractivity contribution in [3.05, 3.63) is 12.2 Å². The van der Waals surface area contributed by atoms with Crippen LogP contribution in [0.4, 0.5) is 0 Å². The third-order valence-electron chi connectivity index (χ3n) is 3.38. The van der Waals surface area contributed by atoms with Gasteiger partial charge in [0, 0.05) is 18.1 Å². The zero-order chi connectivity index (χ0) is 17.3. The van der Waals surface area contributed by atoms with Crippen molar-refractivity contribution < 1.29 is 19.3 Å². The van der Waals surface area contributed by atoms with Gasteiger partial charge >= 0.3 is 41.5 Å². The topological polar surface area (TPSA) is 55.8 Å². The molecule has 0 aromatic carbocycles. The van der Waals surface area contributed by atoms with Crippen molar-refractivity contribution in [2.24, 2.45) is 0 Å². The van der Waals surface area contributed by atoms with Crippen molar-refractivity contribution in [3.63, 3.8) is 0 Å². The number of carbonyl (C=O) groups is 2. The Kier molecular flexibility index (Phi) is 20.5. The second-order valence-corrected chi connectivity index (χ2v) is 5.53. The SMILES string of the molecule is CCCCCCCCCC=CCN(OC(=O)CC)OC(=O)CC.[NaH]. The summed E-state index contributed by atoms with van der Waals surface area (Å²) in [5.74, 6) is -0.844. The van der Waals surface area contributed by atoms with E-state index < -0.39 is 11.9 Å². The molecular formula is C18H34NNaO4. The Bertz CT molecular complexity index is 330. The third kappa shape index (κ3) is 16.5. The molecule has 136 valence electrons. The summed E-state index contributed by atoms with van der Waals surface area (Å²) in [5, 5.41) is 0.957. The van der Waals surface area contributed by atoms with Gasteiger partial charge in [0.25, 0.3) is 0 Å². The second kappa shape index (κ2) is 19.0. The Hall–Kier alpha value is -0.360. The van der Waals surface area contributed by atoms with Crippen LogP contribution in [0.1, 0.15) is 85.0 Å². The summed E-state index contributed by atoms with van der Waals surface area (Å²) >= 11 is 0. The molecule has 6 heteroatoms. The Labute approximate surface area is 169 Å². The molecule has 0 saturated carbocycles. The minimum atomic E-state index is -0.422. The standard InChI is InChI=1S/C18H33NO4.Na.H/c1-4-7-8-9-10-11-12-13-14-15-16-19(22-17(20)5-2)23-18(21)6-3;;/h14-15H,4-13,16H2,1-3H3;;. The second-order valence-electron chi connectivity index (χ2n) is 5.53. The number of hydrogen-bond acceptors (Lipinski definition) is 5. The average molecular weight is 351 g/mol. The number of nitrogens with zero attached hydrogens (tertiary/aromatic N) is 1. The molecule has 0 atom stereocenters. The molecule has 0 aliphatic carbocycles. The van der Waals surface area contributed by atoms with Crippen molar-refractivity contribution >= 4 is 41.5 Å². The van der Waals surface area contributed by atoms with E-state index in [1.165, 1.54) is 38.5 Å². The van der Waals surface area contributed by atoms with E-state index in [4.69, 9.17) is 9.68 Å².